The highest BCUT2D eigenvalue weighted by atomic mass is 14.5. The summed E-state index contributed by atoms with van der Waals surface area (Å²) in [6.07, 6.45) is 0. The van der Waals surface area contributed by atoms with E-state index in [9.17, 15) is 0 Å². The van der Waals surface area contributed by atoms with Gasteiger partial charge in [0.1, 0.15) is 0 Å². The molecular weight excluding hydrogens is 112 g/mol. The van der Waals surface area contributed by atoms with Crippen molar-refractivity contribution in [1.29, 1.82) is 5.26 Å². The minimum absolute atomic E-state index is 0.383. The zero-order chi connectivity index (χ0) is 6.69. The molecule has 0 aliphatic heterocycles. The Labute approximate surface area is 53.5 Å². The first-order chi connectivity index (χ1) is 4.33. The lowest BCUT2D eigenvalue weighted by Gasteiger charge is -1.87. The molecule has 2 nitrogen and oxygen atoms in total. The SMILES string of the molecule is N#Cc1cccc([NH])c1. The summed E-state index contributed by atoms with van der Waals surface area (Å²) in [4.78, 5) is 0. The summed E-state index contributed by atoms with van der Waals surface area (Å²) in [6.45, 7) is 0. The second kappa shape index (κ2) is 2.19. The number of nitrogens with one attached hydrogen (secondary N) is 1. The van der Waals surface area contributed by atoms with Crippen LogP contribution in [0.5, 0.6) is 0 Å². The van der Waals surface area contributed by atoms with Gasteiger partial charge in [-0.3, -0.25) is 0 Å². The van der Waals surface area contributed by atoms with Gasteiger partial charge in [-0.1, -0.05) is 6.07 Å². The molecule has 1 N–H and O–H groups in total. The van der Waals surface area contributed by atoms with Crippen molar-refractivity contribution >= 4 is 5.69 Å². The van der Waals surface area contributed by atoms with Gasteiger partial charge in [-0.05, 0) is 18.2 Å². The van der Waals surface area contributed by atoms with Crippen LogP contribution >= 0.6 is 0 Å². The van der Waals surface area contributed by atoms with E-state index in [-0.39, 0.29) is 0 Å². The molecular formula is C7H5N2. The van der Waals surface area contributed by atoms with Crippen LogP contribution in [0.25, 0.3) is 0 Å². The topological polar surface area (TPSA) is 47.6 Å². The molecule has 0 fully saturated rings. The molecule has 1 aromatic rings. The van der Waals surface area contributed by atoms with Crippen molar-refractivity contribution in [3.05, 3.63) is 29.8 Å². The molecule has 0 aliphatic rings. The van der Waals surface area contributed by atoms with Gasteiger partial charge in [0.25, 0.3) is 0 Å². The minimum atomic E-state index is 0.383. The fraction of sp³-hybridized carbons (Fsp3) is 0. The number of nitrogens with zero attached hydrogens (tertiary/aromatic N) is 1. The normalized spacial score (nSPS) is 8.33. The Balaban J connectivity index is 3.12. The van der Waals surface area contributed by atoms with Gasteiger partial charge in [0.15, 0.2) is 0 Å². The highest BCUT2D eigenvalue weighted by Crippen LogP contribution is 2.05. The van der Waals surface area contributed by atoms with Crippen LogP contribution in [0.15, 0.2) is 24.3 Å². The van der Waals surface area contributed by atoms with Crippen molar-refractivity contribution in [2.75, 3.05) is 0 Å². The van der Waals surface area contributed by atoms with Gasteiger partial charge in [0.2, 0.25) is 0 Å². The van der Waals surface area contributed by atoms with Crippen LogP contribution in [0, 0.1) is 11.3 Å². The van der Waals surface area contributed by atoms with Crippen molar-refractivity contribution in [1.82, 2.24) is 5.73 Å². The van der Waals surface area contributed by atoms with Crippen LogP contribution in [-0.2, 0) is 0 Å². The minimum Gasteiger partial charge on any atom is -0.301 e. The van der Waals surface area contributed by atoms with Crippen molar-refractivity contribution < 1.29 is 0 Å². The maximum Gasteiger partial charge on any atom is 0.0992 e. The lowest BCUT2D eigenvalue weighted by Crippen LogP contribution is -1.72. The van der Waals surface area contributed by atoms with Crippen LogP contribution in [0.1, 0.15) is 5.56 Å². The van der Waals surface area contributed by atoms with E-state index in [1.807, 2.05) is 6.07 Å². The lowest BCUT2D eigenvalue weighted by atomic mass is 10.2. The molecule has 9 heavy (non-hydrogen) atoms. The quantitative estimate of drug-likeness (QED) is 0.507. The van der Waals surface area contributed by atoms with Crippen LogP contribution < -0.4 is 5.73 Å². The predicted molar refractivity (Wildman–Crippen MR) is 33.9 cm³/mol. The fourth-order valence-corrected chi connectivity index (χ4v) is 0.589. The Kier molecular flexibility index (Phi) is 1.37. The second-order valence-corrected chi connectivity index (χ2v) is 1.69. The monoisotopic (exact) mass is 117 g/mol. The van der Waals surface area contributed by atoms with E-state index < -0.39 is 0 Å². The molecule has 0 atom stereocenters. The summed E-state index contributed by atoms with van der Waals surface area (Å²) in [6, 6.07) is 8.49. The molecule has 2 heteroatoms. The molecule has 0 amide bonds. The van der Waals surface area contributed by atoms with E-state index in [1.54, 1.807) is 18.2 Å². The molecule has 0 saturated heterocycles. The first kappa shape index (κ1) is 5.64. The van der Waals surface area contributed by atoms with Gasteiger partial charge < -0.3 is 5.73 Å². The standard InChI is InChI=1S/C7H5N2/c8-5-6-2-1-3-7(9)4-6/h1-4,9H. The number of nitriles is 1. The van der Waals surface area contributed by atoms with E-state index in [4.69, 9.17) is 11.0 Å². The van der Waals surface area contributed by atoms with Gasteiger partial charge in [-0.25, -0.2) is 0 Å². The van der Waals surface area contributed by atoms with E-state index in [0.29, 0.717) is 11.3 Å². The number of hydrogen-bond acceptors (Lipinski definition) is 1. The molecule has 0 heterocycles. The zero-order valence-electron chi connectivity index (χ0n) is 4.76. The molecule has 1 rings (SSSR count). The summed E-state index contributed by atoms with van der Waals surface area (Å²) in [5.74, 6) is 0. The smallest absolute Gasteiger partial charge is 0.0992 e. The largest absolute Gasteiger partial charge is 0.301 e. The average molecular weight is 117 g/mol. The fourth-order valence-electron chi connectivity index (χ4n) is 0.589. The molecule has 0 saturated carbocycles. The molecule has 0 aromatic heterocycles. The maximum absolute atomic E-state index is 8.33. The van der Waals surface area contributed by atoms with Crippen LogP contribution in [0.2, 0.25) is 0 Å². The van der Waals surface area contributed by atoms with E-state index >= 15 is 0 Å². The second-order valence-electron chi connectivity index (χ2n) is 1.69. The van der Waals surface area contributed by atoms with Gasteiger partial charge in [-0.15, -0.1) is 0 Å². The van der Waals surface area contributed by atoms with Crippen molar-refractivity contribution in [3.63, 3.8) is 0 Å². The summed E-state index contributed by atoms with van der Waals surface area (Å²) >= 11 is 0. The van der Waals surface area contributed by atoms with Crippen LogP contribution in [0.4, 0.5) is 5.69 Å². The molecule has 1 aromatic carbocycles. The number of benzene rings is 1. The molecule has 0 bridgehead atoms. The number of hydrogen-bond donors (Lipinski definition) is 0. The highest BCUT2D eigenvalue weighted by Gasteiger charge is 1.87. The average Bonchev–Trinajstić information content (AvgIpc) is 1.88. The van der Waals surface area contributed by atoms with E-state index in [2.05, 4.69) is 0 Å². The van der Waals surface area contributed by atoms with Gasteiger partial charge in [0, 0.05) is 0 Å². The zero-order valence-corrected chi connectivity index (χ0v) is 4.76. The highest BCUT2D eigenvalue weighted by molar-refractivity contribution is 5.42. The first-order valence-corrected chi connectivity index (χ1v) is 2.54. The number of rotatable bonds is 0. The van der Waals surface area contributed by atoms with Gasteiger partial charge >= 0.3 is 0 Å². The van der Waals surface area contributed by atoms with Crippen molar-refractivity contribution in [2.45, 2.75) is 0 Å². The third-order valence-corrected chi connectivity index (χ3v) is 0.992. The van der Waals surface area contributed by atoms with Gasteiger partial charge in [-0.2, -0.15) is 5.26 Å². The van der Waals surface area contributed by atoms with Crippen molar-refractivity contribution in [3.8, 4) is 6.07 Å². The van der Waals surface area contributed by atoms with E-state index in [1.165, 1.54) is 6.07 Å². The summed E-state index contributed by atoms with van der Waals surface area (Å²) in [5.41, 5.74) is 8.02. The van der Waals surface area contributed by atoms with Crippen LogP contribution in [0.3, 0.4) is 0 Å². The van der Waals surface area contributed by atoms with E-state index in [0.717, 1.165) is 0 Å². The Bertz CT molecular complexity index is 247. The van der Waals surface area contributed by atoms with Gasteiger partial charge in [0.05, 0.1) is 17.3 Å². The molecule has 0 spiro atoms. The first-order valence-electron chi connectivity index (χ1n) is 2.54. The molecule has 0 unspecified atom stereocenters. The van der Waals surface area contributed by atoms with Crippen molar-refractivity contribution in [2.24, 2.45) is 0 Å². The Hall–Kier alpha value is -1.49. The third-order valence-electron chi connectivity index (χ3n) is 0.992. The summed E-state index contributed by atoms with van der Waals surface area (Å²) in [7, 11) is 0. The summed E-state index contributed by atoms with van der Waals surface area (Å²) < 4.78 is 0. The van der Waals surface area contributed by atoms with Crippen LogP contribution in [-0.4, -0.2) is 0 Å². The Morgan fingerprint density at radius 1 is 1.44 bits per heavy atom. The maximum atomic E-state index is 8.33. The Morgan fingerprint density at radius 3 is 2.67 bits per heavy atom. The molecule has 43 valence electrons. The predicted octanol–water partition coefficient (Wildman–Crippen LogP) is 1.47. The Morgan fingerprint density at radius 2 is 2.22 bits per heavy atom. The molecule has 0 aliphatic carbocycles. The third kappa shape index (κ3) is 1.20. The molecule has 1 radical (unpaired) electrons. The lowest BCUT2D eigenvalue weighted by molar-refractivity contribution is 1.44. The summed E-state index contributed by atoms with van der Waals surface area (Å²) in [5, 5.41) is 8.33.